The first-order chi connectivity index (χ1) is 15.8. The maximum Gasteiger partial charge on any atom is 0.239 e. The largest absolute Gasteiger partial charge is 0.497 e. The fourth-order valence-electron chi connectivity index (χ4n) is 3.25. The number of amides is 1. The number of carbonyl (C=O) groups is 1. The molecule has 12 heteroatoms. The molecule has 0 radical (unpaired) electrons. The summed E-state index contributed by atoms with van der Waals surface area (Å²) in [6.45, 7) is 0. The number of imidazole rings is 1. The second-order valence-electron chi connectivity index (χ2n) is 7.28. The zero-order chi connectivity index (χ0) is 23.8. The van der Waals surface area contributed by atoms with Gasteiger partial charge in [0.1, 0.15) is 29.1 Å². The number of anilines is 1. The van der Waals surface area contributed by atoms with Gasteiger partial charge in [0.05, 0.1) is 13.2 Å². The molecule has 0 saturated carbocycles. The first kappa shape index (κ1) is 23.8. The number of nitrogens with two attached hydrogens (primary N) is 3. The summed E-state index contributed by atoms with van der Waals surface area (Å²) >= 11 is 6.13. The maximum absolute atomic E-state index is 12.1. The number of halogens is 1. The molecule has 2 aromatic heterocycles. The molecule has 11 nitrogen and oxygen atoms in total. The molecule has 0 aliphatic heterocycles. The Morgan fingerprint density at radius 2 is 1.97 bits per heavy atom. The Hall–Kier alpha value is -3.86. The van der Waals surface area contributed by atoms with Crippen LogP contribution in [0, 0.1) is 0 Å². The first-order valence-corrected chi connectivity index (χ1v) is 10.5. The van der Waals surface area contributed by atoms with Crippen molar-refractivity contribution < 1.29 is 9.53 Å². The number of nitrogens with zero attached hydrogens (tertiary/aromatic N) is 5. The molecule has 0 spiro atoms. The van der Waals surface area contributed by atoms with E-state index in [0.717, 1.165) is 11.3 Å². The van der Waals surface area contributed by atoms with Crippen molar-refractivity contribution >= 4 is 29.3 Å². The van der Waals surface area contributed by atoms with Gasteiger partial charge in [0, 0.05) is 18.5 Å². The molecule has 174 valence electrons. The van der Waals surface area contributed by atoms with Crippen molar-refractivity contribution in [3.63, 3.8) is 0 Å². The monoisotopic (exact) mass is 471 g/mol. The number of rotatable bonds is 11. The molecule has 3 rings (SSSR count). The van der Waals surface area contributed by atoms with E-state index in [1.807, 2.05) is 24.3 Å². The highest BCUT2D eigenvalue weighted by Gasteiger charge is 2.20. The van der Waals surface area contributed by atoms with Crippen LogP contribution >= 0.6 is 11.6 Å². The summed E-state index contributed by atoms with van der Waals surface area (Å²) in [6, 6.07) is 8.17. The number of aliphatic imine (C=N–C) groups is 1. The predicted molar refractivity (Wildman–Crippen MR) is 126 cm³/mol. The van der Waals surface area contributed by atoms with Gasteiger partial charge in [-0.05, 0) is 37.0 Å². The topological polar surface area (TPSA) is 172 Å². The Morgan fingerprint density at radius 1 is 1.21 bits per heavy atom. The number of aromatic nitrogens is 4. The molecule has 3 aromatic rings. The molecule has 0 aliphatic rings. The second kappa shape index (κ2) is 11.1. The van der Waals surface area contributed by atoms with Gasteiger partial charge in [-0.2, -0.15) is 4.98 Å². The lowest BCUT2D eigenvalue weighted by atomic mass is 9.99. The molecule has 1 amide bonds. The average Bonchev–Trinajstić information content (AvgIpc) is 3.31. The molecule has 1 aromatic carbocycles. The van der Waals surface area contributed by atoms with Gasteiger partial charge in [0.15, 0.2) is 5.96 Å². The zero-order valence-electron chi connectivity index (χ0n) is 18.1. The fourth-order valence-corrected chi connectivity index (χ4v) is 3.43. The molecule has 33 heavy (non-hydrogen) atoms. The van der Waals surface area contributed by atoms with Crippen LogP contribution in [0.1, 0.15) is 18.4 Å². The van der Waals surface area contributed by atoms with E-state index in [2.05, 4.69) is 25.3 Å². The number of primary amides is 1. The van der Waals surface area contributed by atoms with Crippen molar-refractivity contribution in [3.8, 4) is 11.7 Å². The number of guanidine groups is 1. The molecule has 0 aliphatic carbocycles. The second-order valence-corrected chi connectivity index (χ2v) is 7.67. The SMILES string of the molecule is COc1ccc(CC(CCC(Nc2cc(Cl)nc(-n3ccnc3)n2)C(N)=O)N=C(N)N)cc1. The predicted octanol–water partition coefficient (Wildman–Crippen LogP) is 1.26. The smallest absolute Gasteiger partial charge is 0.239 e. The Kier molecular flexibility index (Phi) is 8.03. The molecule has 2 atom stereocenters. The molecule has 2 heterocycles. The van der Waals surface area contributed by atoms with Gasteiger partial charge in [0.2, 0.25) is 11.9 Å². The van der Waals surface area contributed by atoms with Crippen LogP contribution in [0.3, 0.4) is 0 Å². The van der Waals surface area contributed by atoms with Crippen LogP contribution in [-0.4, -0.2) is 50.6 Å². The number of nitrogens with one attached hydrogen (secondary N) is 1. The lowest BCUT2D eigenvalue weighted by Crippen LogP contribution is -2.37. The summed E-state index contributed by atoms with van der Waals surface area (Å²) in [7, 11) is 1.61. The van der Waals surface area contributed by atoms with E-state index in [1.165, 1.54) is 6.07 Å². The van der Waals surface area contributed by atoms with Crippen LogP contribution < -0.4 is 27.3 Å². The van der Waals surface area contributed by atoms with E-state index in [1.54, 1.807) is 30.4 Å². The van der Waals surface area contributed by atoms with E-state index >= 15 is 0 Å². The fraction of sp³-hybridized carbons (Fsp3) is 0.286. The van der Waals surface area contributed by atoms with E-state index in [0.29, 0.717) is 31.0 Å². The van der Waals surface area contributed by atoms with Gasteiger partial charge in [0.25, 0.3) is 0 Å². The summed E-state index contributed by atoms with van der Waals surface area (Å²) in [4.78, 5) is 29.0. The van der Waals surface area contributed by atoms with Crippen LogP contribution in [-0.2, 0) is 11.2 Å². The minimum atomic E-state index is -0.723. The molecular formula is C21H26ClN9O2. The Labute approximate surface area is 196 Å². The maximum atomic E-state index is 12.1. The molecular weight excluding hydrogens is 446 g/mol. The highest BCUT2D eigenvalue weighted by Crippen LogP contribution is 2.19. The molecule has 0 fully saturated rings. The van der Waals surface area contributed by atoms with E-state index in [4.69, 9.17) is 33.5 Å². The first-order valence-electron chi connectivity index (χ1n) is 10.1. The Morgan fingerprint density at radius 3 is 2.58 bits per heavy atom. The summed E-state index contributed by atoms with van der Waals surface area (Å²) in [5.74, 6) is 0.861. The van der Waals surface area contributed by atoms with Gasteiger partial charge in [-0.3, -0.25) is 9.36 Å². The van der Waals surface area contributed by atoms with Crippen molar-refractivity contribution in [2.45, 2.75) is 31.3 Å². The van der Waals surface area contributed by atoms with E-state index in [9.17, 15) is 4.79 Å². The van der Waals surface area contributed by atoms with E-state index in [-0.39, 0.29) is 17.2 Å². The number of hydrogen-bond acceptors (Lipinski definition) is 7. The summed E-state index contributed by atoms with van der Waals surface area (Å²) < 4.78 is 6.79. The van der Waals surface area contributed by atoms with Gasteiger partial charge in [-0.25, -0.2) is 15.0 Å². The zero-order valence-corrected chi connectivity index (χ0v) is 18.8. The van der Waals surface area contributed by atoms with Crippen molar-refractivity contribution in [2.24, 2.45) is 22.2 Å². The van der Waals surface area contributed by atoms with Gasteiger partial charge < -0.3 is 27.3 Å². The number of methoxy groups -OCH3 is 1. The summed E-state index contributed by atoms with van der Waals surface area (Å²) in [5.41, 5.74) is 17.9. The summed E-state index contributed by atoms with van der Waals surface area (Å²) in [5, 5.41) is 3.24. The van der Waals surface area contributed by atoms with Crippen LogP contribution in [0.15, 0.2) is 54.0 Å². The lowest BCUT2D eigenvalue weighted by molar-refractivity contribution is -0.118. The van der Waals surface area contributed by atoms with E-state index < -0.39 is 11.9 Å². The highest BCUT2D eigenvalue weighted by molar-refractivity contribution is 6.29. The number of ether oxygens (including phenoxy) is 1. The van der Waals surface area contributed by atoms with Gasteiger partial charge in [-0.15, -0.1) is 0 Å². The highest BCUT2D eigenvalue weighted by atomic mass is 35.5. The van der Waals surface area contributed by atoms with Gasteiger partial charge in [-0.1, -0.05) is 23.7 Å². The third-order valence-corrected chi connectivity index (χ3v) is 5.03. The number of benzene rings is 1. The third kappa shape index (κ3) is 7.07. The molecule has 7 N–H and O–H groups in total. The van der Waals surface area contributed by atoms with Crippen molar-refractivity contribution in [1.29, 1.82) is 0 Å². The van der Waals surface area contributed by atoms with Crippen LogP contribution in [0.5, 0.6) is 5.75 Å². The lowest BCUT2D eigenvalue weighted by Gasteiger charge is -2.19. The summed E-state index contributed by atoms with van der Waals surface area (Å²) in [6.07, 6.45) is 6.26. The minimum absolute atomic E-state index is 0.0235. The normalized spacial score (nSPS) is 12.5. The van der Waals surface area contributed by atoms with Crippen LogP contribution in [0.2, 0.25) is 5.15 Å². The standard InChI is InChI=1S/C21H26ClN9O2/c1-33-15-5-2-13(3-6-15)10-14(27-20(24)25)4-7-16(19(23)32)28-18-11-17(22)29-21(30-18)31-9-8-26-12-31/h2-3,5-6,8-9,11-12,14,16H,4,7,10H2,1H3,(H2,23,32)(H4,24,25,27)(H,28,29,30). The molecule has 2 unspecified atom stereocenters. The number of hydrogen-bond donors (Lipinski definition) is 4. The van der Waals surface area contributed by atoms with Crippen molar-refractivity contribution in [1.82, 2.24) is 19.5 Å². The van der Waals surface area contributed by atoms with Crippen molar-refractivity contribution in [2.75, 3.05) is 12.4 Å². The van der Waals surface area contributed by atoms with Gasteiger partial charge >= 0.3 is 0 Å². The molecule has 0 saturated heterocycles. The average molecular weight is 472 g/mol. The molecule has 0 bridgehead atoms. The quantitative estimate of drug-likeness (QED) is 0.184. The van der Waals surface area contributed by atoms with Crippen LogP contribution in [0.25, 0.3) is 5.95 Å². The Bertz CT molecular complexity index is 1080. The Balaban J connectivity index is 1.71. The number of carbonyl (C=O) groups excluding carboxylic acids is 1. The minimum Gasteiger partial charge on any atom is -0.497 e. The van der Waals surface area contributed by atoms with Crippen LogP contribution in [0.4, 0.5) is 5.82 Å². The van der Waals surface area contributed by atoms with Crippen molar-refractivity contribution in [3.05, 3.63) is 59.8 Å². The third-order valence-electron chi connectivity index (χ3n) is 4.83.